The van der Waals surface area contributed by atoms with Gasteiger partial charge in [-0.05, 0) is 55.8 Å². The lowest BCUT2D eigenvalue weighted by molar-refractivity contribution is 0.411. The van der Waals surface area contributed by atoms with Gasteiger partial charge in [0.1, 0.15) is 11.6 Å². The van der Waals surface area contributed by atoms with Crippen LogP contribution < -0.4 is 15.4 Å². The van der Waals surface area contributed by atoms with Gasteiger partial charge in [-0.1, -0.05) is 0 Å². The fourth-order valence-corrected chi connectivity index (χ4v) is 3.26. The minimum absolute atomic E-state index is 0.153. The van der Waals surface area contributed by atoms with Crippen LogP contribution in [0.2, 0.25) is 0 Å². The van der Waals surface area contributed by atoms with Gasteiger partial charge < -0.3 is 15.4 Å². The second-order valence-corrected chi connectivity index (χ2v) is 5.84. The SMILES string of the molecule is COc1ccc2c(N3CCCCC3C(C)N)nccc2c1. The monoisotopic (exact) mass is 285 g/mol. The summed E-state index contributed by atoms with van der Waals surface area (Å²) in [5.41, 5.74) is 6.20. The minimum Gasteiger partial charge on any atom is -0.497 e. The lowest BCUT2D eigenvalue weighted by Crippen LogP contribution is -2.49. The highest BCUT2D eigenvalue weighted by Gasteiger charge is 2.27. The van der Waals surface area contributed by atoms with Crippen LogP contribution in [0, 0.1) is 0 Å². The number of pyridine rings is 1. The van der Waals surface area contributed by atoms with E-state index in [0.717, 1.165) is 29.9 Å². The molecule has 112 valence electrons. The summed E-state index contributed by atoms with van der Waals surface area (Å²) in [6.07, 6.45) is 5.48. The van der Waals surface area contributed by atoms with Gasteiger partial charge in [0.15, 0.2) is 0 Å². The Morgan fingerprint density at radius 3 is 2.95 bits per heavy atom. The molecular formula is C17H23N3O. The van der Waals surface area contributed by atoms with Crippen molar-refractivity contribution in [3.63, 3.8) is 0 Å². The molecule has 0 aliphatic carbocycles. The second kappa shape index (κ2) is 5.90. The van der Waals surface area contributed by atoms with Crippen LogP contribution >= 0.6 is 0 Å². The van der Waals surface area contributed by atoms with Gasteiger partial charge in [0.05, 0.1) is 7.11 Å². The third kappa shape index (κ3) is 2.68. The van der Waals surface area contributed by atoms with Crippen LogP contribution in [0.3, 0.4) is 0 Å². The Morgan fingerprint density at radius 2 is 2.19 bits per heavy atom. The first-order chi connectivity index (χ1) is 10.2. The van der Waals surface area contributed by atoms with E-state index < -0.39 is 0 Å². The van der Waals surface area contributed by atoms with Crippen molar-refractivity contribution in [2.45, 2.75) is 38.3 Å². The van der Waals surface area contributed by atoms with E-state index in [2.05, 4.69) is 28.9 Å². The quantitative estimate of drug-likeness (QED) is 0.942. The first-order valence-electron chi connectivity index (χ1n) is 7.65. The normalized spacial score (nSPS) is 20.5. The van der Waals surface area contributed by atoms with Crippen molar-refractivity contribution in [2.24, 2.45) is 5.73 Å². The van der Waals surface area contributed by atoms with E-state index >= 15 is 0 Å². The lowest BCUT2D eigenvalue weighted by Gasteiger charge is -2.39. The van der Waals surface area contributed by atoms with Gasteiger partial charge in [-0.15, -0.1) is 0 Å². The molecule has 2 unspecified atom stereocenters. The number of rotatable bonds is 3. The van der Waals surface area contributed by atoms with Gasteiger partial charge in [0, 0.05) is 30.2 Å². The van der Waals surface area contributed by atoms with Gasteiger partial charge in [-0.25, -0.2) is 4.98 Å². The standard InChI is InChI=1S/C17H23N3O/c1-12(18)16-5-3-4-10-20(16)17-15-7-6-14(21-2)11-13(15)8-9-19-17/h6-9,11-12,16H,3-5,10,18H2,1-2H3. The summed E-state index contributed by atoms with van der Waals surface area (Å²) in [4.78, 5) is 7.04. The predicted molar refractivity (Wildman–Crippen MR) is 86.9 cm³/mol. The Morgan fingerprint density at radius 1 is 1.33 bits per heavy atom. The zero-order valence-electron chi connectivity index (χ0n) is 12.7. The molecule has 0 saturated carbocycles. The van der Waals surface area contributed by atoms with Crippen molar-refractivity contribution in [1.29, 1.82) is 0 Å². The molecule has 3 rings (SSSR count). The molecule has 1 aromatic heterocycles. The summed E-state index contributed by atoms with van der Waals surface area (Å²) in [6.45, 7) is 3.13. The Labute approximate surface area is 125 Å². The molecule has 2 N–H and O–H groups in total. The predicted octanol–water partition coefficient (Wildman–Crippen LogP) is 2.95. The largest absolute Gasteiger partial charge is 0.497 e. The van der Waals surface area contributed by atoms with Crippen LogP contribution in [0.15, 0.2) is 30.5 Å². The molecule has 1 aromatic carbocycles. The van der Waals surface area contributed by atoms with Crippen molar-refractivity contribution in [1.82, 2.24) is 4.98 Å². The van der Waals surface area contributed by atoms with Crippen LogP contribution in [0.25, 0.3) is 10.8 Å². The molecule has 2 atom stereocenters. The molecule has 0 bridgehead atoms. The van der Waals surface area contributed by atoms with Gasteiger partial charge in [-0.3, -0.25) is 0 Å². The number of nitrogens with two attached hydrogens (primary N) is 1. The molecule has 1 fully saturated rings. The average Bonchev–Trinajstić information content (AvgIpc) is 2.53. The zero-order chi connectivity index (χ0) is 14.8. The van der Waals surface area contributed by atoms with Crippen molar-refractivity contribution in [3.05, 3.63) is 30.5 Å². The molecule has 2 heterocycles. The first kappa shape index (κ1) is 14.1. The number of hydrogen-bond donors (Lipinski definition) is 1. The van der Waals surface area contributed by atoms with E-state index in [9.17, 15) is 0 Å². The smallest absolute Gasteiger partial charge is 0.136 e. The fraction of sp³-hybridized carbons (Fsp3) is 0.471. The van der Waals surface area contributed by atoms with Gasteiger partial charge in [-0.2, -0.15) is 0 Å². The van der Waals surface area contributed by atoms with E-state index in [1.807, 2.05) is 18.3 Å². The van der Waals surface area contributed by atoms with Crippen LogP contribution in [0.1, 0.15) is 26.2 Å². The number of methoxy groups -OCH3 is 1. The molecule has 1 saturated heterocycles. The highest BCUT2D eigenvalue weighted by Crippen LogP contribution is 2.32. The van der Waals surface area contributed by atoms with Gasteiger partial charge in [0.25, 0.3) is 0 Å². The third-order valence-electron chi connectivity index (χ3n) is 4.38. The number of nitrogens with zero attached hydrogens (tertiary/aromatic N) is 2. The Kier molecular flexibility index (Phi) is 3.97. The minimum atomic E-state index is 0.153. The summed E-state index contributed by atoms with van der Waals surface area (Å²) in [7, 11) is 1.69. The molecule has 4 heteroatoms. The highest BCUT2D eigenvalue weighted by molar-refractivity contribution is 5.93. The Balaban J connectivity index is 2.06. The molecule has 0 spiro atoms. The summed E-state index contributed by atoms with van der Waals surface area (Å²) < 4.78 is 5.31. The van der Waals surface area contributed by atoms with E-state index in [4.69, 9.17) is 10.5 Å². The van der Waals surface area contributed by atoms with Crippen molar-refractivity contribution >= 4 is 16.6 Å². The lowest BCUT2D eigenvalue weighted by atomic mass is 9.96. The van der Waals surface area contributed by atoms with Gasteiger partial charge in [0.2, 0.25) is 0 Å². The van der Waals surface area contributed by atoms with Crippen molar-refractivity contribution < 1.29 is 4.74 Å². The number of benzene rings is 1. The molecule has 21 heavy (non-hydrogen) atoms. The molecule has 1 aliphatic rings. The van der Waals surface area contributed by atoms with Crippen molar-refractivity contribution in [3.8, 4) is 5.75 Å². The van der Waals surface area contributed by atoms with E-state index in [1.165, 1.54) is 18.2 Å². The number of anilines is 1. The summed E-state index contributed by atoms with van der Waals surface area (Å²) in [5, 5.41) is 2.33. The number of fused-ring (bicyclic) bond motifs is 1. The molecule has 4 nitrogen and oxygen atoms in total. The fourth-order valence-electron chi connectivity index (χ4n) is 3.26. The van der Waals surface area contributed by atoms with Gasteiger partial charge >= 0.3 is 0 Å². The Hall–Kier alpha value is -1.81. The summed E-state index contributed by atoms with van der Waals surface area (Å²) >= 11 is 0. The number of hydrogen-bond acceptors (Lipinski definition) is 4. The second-order valence-electron chi connectivity index (χ2n) is 5.84. The van der Waals surface area contributed by atoms with Crippen LogP contribution in [0.5, 0.6) is 5.75 Å². The Bertz CT molecular complexity index is 626. The number of aromatic nitrogens is 1. The first-order valence-corrected chi connectivity index (χ1v) is 7.65. The molecule has 0 amide bonds. The average molecular weight is 285 g/mol. The van der Waals surface area contributed by atoms with E-state index in [0.29, 0.717) is 6.04 Å². The van der Waals surface area contributed by atoms with Crippen LogP contribution in [-0.4, -0.2) is 30.7 Å². The zero-order valence-corrected chi connectivity index (χ0v) is 12.7. The maximum Gasteiger partial charge on any atom is 0.136 e. The highest BCUT2D eigenvalue weighted by atomic mass is 16.5. The third-order valence-corrected chi connectivity index (χ3v) is 4.38. The maximum atomic E-state index is 6.20. The van der Waals surface area contributed by atoms with E-state index in [-0.39, 0.29) is 6.04 Å². The summed E-state index contributed by atoms with van der Waals surface area (Å²) in [5.74, 6) is 1.93. The molecule has 2 aromatic rings. The molecule has 1 aliphatic heterocycles. The number of piperidine rings is 1. The molecule has 0 radical (unpaired) electrons. The summed E-state index contributed by atoms with van der Waals surface area (Å²) in [6, 6.07) is 8.72. The topological polar surface area (TPSA) is 51.4 Å². The van der Waals surface area contributed by atoms with E-state index in [1.54, 1.807) is 7.11 Å². The van der Waals surface area contributed by atoms with Crippen LogP contribution in [0.4, 0.5) is 5.82 Å². The number of ether oxygens (including phenoxy) is 1. The van der Waals surface area contributed by atoms with Crippen LogP contribution in [-0.2, 0) is 0 Å². The maximum absolute atomic E-state index is 6.20. The molecular weight excluding hydrogens is 262 g/mol. The van der Waals surface area contributed by atoms with Crippen molar-refractivity contribution in [2.75, 3.05) is 18.6 Å².